The zero-order chi connectivity index (χ0) is 15.1. The molecule has 0 fully saturated rings. The van der Waals surface area contributed by atoms with Gasteiger partial charge >= 0.3 is 0 Å². The molecule has 0 saturated carbocycles. The molecule has 0 spiro atoms. The van der Waals surface area contributed by atoms with Crippen LogP contribution in [0.1, 0.15) is 26.7 Å². The molecule has 0 bridgehead atoms. The Hall–Kier alpha value is -1.80. The first kappa shape index (κ1) is 15.6. The number of hydrogen-bond donors (Lipinski definition) is 2. The van der Waals surface area contributed by atoms with Gasteiger partial charge in [-0.3, -0.25) is 0 Å². The SMILES string of the molecule is CCC(CC)(CO)CNc1ccccc1-c1ccccc1. The highest BCUT2D eigenvalue weighted by molar-refractivity contribution is 5.77. The first-order valence-electron chi connectivity index (χ1n) is 7.74. The first-order valence-corrected chi connectivity index (χ1v) is 7.74. The second-order valence-corrected chi connectivity index (χ2v) is 5.63. The summed E-state index contributed by atoms with van der Waals surface area (Å²) in [6.07, 6.45) is 1.95. The van der Waals surface area contributed by atoms with Gasteiger partial charge in [0.2, 0.25) is 0 Å². The molecular weight excluding hydrogens is 258 g/mol. The van der Waals surface area contributed by atoms with Crippen molar-refractivity contribution < 1.29 is 5.11 Å². The highest BCUT2D eigenvalue weighted by Gasteiger charge is 2.25. The maximum Gasteiger partial charge on any atom is 0.0504 e. The lowest BCUT2D eigenvalue weighted by atomic mass is 9.83. The molecule has 2 heteroatoms. The van der Waals surface area contributed by atoms with Gasteiger partial charge in [-0.1, -0.05) is 62.4 Å². The Kier molecular flexibility index (Phi) is 5.40. The Labute approximate surface area is 127 Å². The van der Waals surface area contributed by atoms with Crippen molar-refractivity contribution in [3.8, 4) is 11.1 Å². The quantitative estimate of drug-likeness (QED) is 0.780. The summed E-state index contributed by atoms with van der Waals surface area (Å²) in [6.45, 7) is 5.30. The van der Waals surface area contributed by atoms with E-state index in [1.54, 1.807) is 0 Å². The van der Waals surface area contributed by atoms with E-state index in [0.29, 0.717) is 0 Å². The van der Waals surface area contributed by atoms with Gasteiger partial charge in [-0.25, -0.2) is 0 Å². The van der Waals surface area contributed by atoms with E-state index in [9.17, 15) is 5.11 Å². The summed E-state index contributed by atoms with van der Waals surface area (Å²) in [4.78, 5) is 0. The Bertz CT molecular complexity index is 538. The van der Waals surface area contributed by atoms with Gasteiger partial charge in [0.25, 0.3) is 0 Å². The molecule has 2 aromatic carbocycles. The summed E-state index contributed by atoms with van der Waals surface area (Å²) in [5.74, 6) is 0. The van der Waals surface area contributed by atoms with Gasteiger partial charge in [-0.15, -0.1) is 0 Å². The van der Waals surface area contributed by atoms with Crippen LogP contribution in [0.2, 0.25) is 0 Å². The third-order valence-electron chi connectivity index (χ3n) is 4.50. The van der Waals surface area contributed by atoms with Crippen molar-refractivity contribution in [1.29, 1.82) is 0 Å². The summed E-state index contributed by atoms with van der Waals surface area (Å²) in [5.41, 5.74) is 3.51. The van der Waals surface area contributed by atoms with E-state index in [1.165, 1.54) is 11.1 Å². The fourth-order valence-corrected chi connectivity index (χ4v) is 2.57. The van der Waals surface area contributed by atoms with Crippen molar-refractivity contribution in [1.82, 2.24) is 0 Å². The van der Waals surface area contributed by atoms with Gasteiger partial charge in [-0.05, 0) is 24.5 Å². The van der Waals surface area contributed by atoms with Gasteiger partial charge in [0.1, 0.15) is 0 Å². The molecule has 0 atom stereocenters. The Balaban J connectivity index is 2.22. The van der Waals surface area contributed by atoms with Crippen LogP contribution in [-0.2, 0) is 0 Å². The van der Waals surface area contributed by atoms with Crippen molar-refractivity contribution in [2.75, 3.05) is 18.5 Å². The van der Waals surface area contributed by atoms with E-state index in [0.717, 1.165) is 25.1 Å². The topological polar surface area (TPSA) is 32.3 Å². The molecule has 2 nitrogen and oxygen atoms in total. The van der Waals surface area contributed by atoms with Crippen LogP contribution >= 0.6 is 0 Å². The number of aliphatic hydroxyl groups is 1. The molecule has 0 radical (unpaired) electrons. The molecule has 0 aromatic heterocycles. The monoisotopic (exact) mass is 283 g/mol. The molecule has 0 saturated heterocycles. The molecule has 0 aliphatic rings. The van der Waals surface area contributed by atoms with Crippen molar-refractivity contribution >= 4 is 5.69 Å². The summed E-state index contributed by atoms with van der Waals surface area (Å²) >= 11 is 0. The van der Waals surface area contributed by atoms with Crippen LogP contribution in [0.4, 0.5) is 5.69 Å². The first-order chi connectivity index (χ1) is 10.2. The predicted octanol–water partition coefficient (Wildman–Crippen LogP) is 4.56. The van der Waals surface area contributed by atoms with Gasteiger partial charge < -0.3 is 10.4 Å². The molecule has 2 rings (SSSR count). The van der Waals surface area contributed by atoms with E-state index in [-0.39, 0.29) is 12.0 Å². The standard InChI is InChI=1S/C19H25NO/c1-3-19(4-2,15-21)14-20-18-13-9-8-12-17(18)16-10-6-5-7-11-16/h5-13,20-21H,3-4,14-15H2,1-2H3. The van der Waals surface area contributed by atoms with Crippen molar-refractivity contribution in [2.45, 2.75) is 26.7 Å². The van der Waals surface area contributed by atoms with Gasteiger partial charge in [-0.2, -0.15) is 0 Å². The summed E-state index contributed by atoms with van der Waals surface area (Å²) in [5, 5.41) is 13.2. The highest BCUT2D eigenvalue weighted by Crippen LogP contribution is 2.30. The van der Waals surface area contributed by atoms with Gasteiger partial charge in [0.15, 0.2) is 0 Å². The third-order valence-corrected chi connectivity index (χ3v) is 4.50. The van der Waals surface area contributed by atoms with E-state index >= 15 is 0 Å². The minimum Gasteiger partial charge on any atom is -0.396 e. The van der Waals surface area contributed by atoms with Crippen LogP contribution in [-0.4, -0.2) is 18.3 Å². The smallest absolute Gasteiger partial charge is 0.0504 e. The van der Waals surface area contributed by atoms with Crippen LogP contribution in [0, 0.1) is 5.41 Å². The zero-order valence-corrected chi connectivity index (χ0v) is 13.0. The molecule has 0 aliphatic carbocycles. The number of para-hydroxylation sites is 1. The normalized spacial score (nSPS) is 11.4. The predicted molar refractivity (Wildman–Crippen MR) is 90.5 cm³/mol. The molecule has 0 unspecified atom stereocenters. The Morgan fingerprint density at radius 3 is 2.14 bits per heavy atom. The summed E-state index contributed by atoms with van der Waals surface area (Å²) < 4.78 is 0. The fraction of sp³-hybridized carbons (Fsp3) is 0.368. The molecule has 0 aliphatic heterocycles. The second kappa shape index (κ2) is 7.28. The van der Waals surface area contributed by atoms with Crippen LogP contribution in [0.25, 0.3) is 11.1 Å². The molecule has 0 heterocycles. The maximum absolute atomic E-state index is 9.70. The van der Waals surface area contributed by atoms with Crippen LogP contribution < -0.4 is 5.32 Å². The lowest BCUT2D eigenvalue weighted by molar-refractivity contribution is 0.127. The molecular formula is C19H25NO. The van der Waals surface area contributed by atoms with E-state index in [1.807, 2.05) is 12.1 Å². The number of nitrogens with one attached hydrogen (secondary N) is 1. The van der Waals surface area contributed by atoms with Crippen molar-refractivity contribution in [3.63, 3.8) is 0 Å². The summed E-state index contributed by atoms with van der Waals surface area (Å²) in [7, 11) is 0. The lowest BCUT2D eigenvalue weighted by Gasteiger charge is -2.30. The van der Waals surface area contributed by atoms with Crippen LogP contribution in [0.15, 0.2) is 54.6 Å². The van der Waals surface area contributed by atoms with Gasteiger partial charge in [0.05, 0.1) is 6.61 Å². The molecule has 2 aromatic rings. The van der Waals surface area contributed by atoms with Crippen LogP contribution in [0.5, 0.6) is 0 Å². The second-order valence-electron chi connectivity index (χ2n) is 5.63. The molecule has 2 N–H and O–H groups in total. The third kappa shape index (κ3) is 3.64. The van der Waals surface area contributed by atoms with Crippen LogP contribution in [0.3, 0.4) is 0 Å². The Morgan fingerprint density at radius 2 is 1.52 bits per heavy atom. The minimum absolute atomic E-state index is 0.0379. The van der Waals surface area contributed by atoms with E-state index in [4.69, 9.17) is 0 Å². The Morgan fingerprint density at radius 1 is 0.905 bits per heavy atom. The zero-order valence-electron chi connectivity index (χ0n) is 13.0. The van der Waals surface area contributed by atoms with Gasteiger partial charge in [0, 0.05) is 23.2 Å². The number of anilines is 1. The number of benzene rings is 2. The molecule has 0 amide bonds. The average Bonchev–Trinajstić information content (AvgIpc) is 2.58. The number of aliphatic hydroxyl groups excluding tert-OH is 1. The summed E-state index contributed by atoms with van der Waals surface area (Å²) in [6, 6.07) is 18.7. The largest absolute Gasteiger partial charge is 0.396 e. The molecule has 112 valence electrons. The number of hydrogen-bond acceptors (Lipinski definition) is 2. The average molecular weight is 283 g/mol. The van der Waals surface area contributed by atoms with Crippen molar-refractivity contribution in [3.05, 3.63) is 54.6 Å². The minimum atomic E-state index is -0.0379. The van der Waals surface area contributed by atoms with E-state index in [2.05, 4.69) is 61.6 Å². The van der Waals surface area contributed by atoms with Crippen molar-refractivity contribution in [2.24, 2.45) is 5.41 Å². The molecule has 21 heavy (non-hydrogen) atoms. The fourth-order valence-electron chi connectivity index (χ4n) is 2.57. The highest BCUT2D eigenvalue weighted by atomic mass is 16.3. The lowest BCUT2D eigenvalue weighted by Crippen LogP contribution is -2.32. The van der Waals surface area contributed by atoms with E-state index < -0.39 is 0 Å². The number of rotatable bonds is 7. The maximum atomic E-state index is 9.70.